The second kappa shape index (κ2) is 12.0. The van der Waals surface area contributed by atoms with E-state index in [1.165, 1.54) is 11.0 Å². The summed E-state index contributed by atoms with van der Waals surface area (Å²) in [4.78, 5) is 30.5. The van der Waals surface area contributed by atoms with Gasteiger partial charge in [0.25, 0.3) is 0 Å². The van der Waals surface area contributed by atoms with Crippen LogP contribution >= 0.6 is 0 Å². The van der Waals surface area contributed by atoms with Crippen molar-refractivity contribution < 1.29 is 23.8 Å². The van der Waals surface area contributed by atoms with Gasteiger partial charge >= 0.3 is 5.97 Å². The zero-order chi connectivity index (χ0) is 24.5. The first-order valence-electron chi connectivity index (χ1n) is 11.6. The molecule has 1 aromatic heterocycles. The van der Waals surface area contributed by atoms with Gasteiger partial charge in [0.1, 0.15) is 12.0 Å². The zero-order valence-corrected chi connectivity index (χ0v) is 19.9. The average molecular weight is 465 g/mol. The van der Waals surface area contributed by atoms with E-state index in [-0.39, 0.29) is 5.91 Å². The third-order valence-corrected chi connectivity index (χ3v) is 5.47. The van der Waals surface area contributed by atoms with E-state index in [1.54, 1.807) is 30.6 Å². The quantitative estimate of drug-likeness (QED) is 0.393. The van der Waals surface area contributed by atoms with E-state index in [0.29, 0.717) is 49.1 Å². The van der Waals surface area contributed by atoms with E-state index in [0.717, 1.165) is 17.7 Å². The molecule has 0 saturated heterocycles. The monoisotopic (exact) mass is 464 g/mol. The fraction of sp³-hybridized carbons (Fsp3) is 0.370. The van der Waals surface area contributed by atoms with Gasteiger partial charge in [-0.05, 0) is 55.0 Å². The Balaban J connectivity index is 1.65. The standard InChI is InChI=1S/C27H32N2O5/c1-4-5-6-10-25(30)29-15-13-20-11-12-22(17-23(20)26(29)27(31)32)33-16-14-21-18-34-24(28-21)9-7-8-19(2)3/h4-7,9-12,17-19,26H,8,13-16H2,1-3H3,(H,31,32)/b5-4?,9-7+,10-6?. The number of carbonyl (C=O) groups is 2. The van der Waals surface area contributed by atoms with E-state index in [1.807, 2.05) is 31.2 Å². The first kappa shape index (κ1) is 25.0. The lowest BCUT2D eigenvalue weighted by Gasteiger charge is -2.34. The van der Waals surface area contributed by atoms with Crippen LogP contribution in [0.15, 0.2) is 59.3 Å². The predicted octanol–water partition coefficient (Wildman–Crippen LogP) is 5.00. The van der Waals surface area contributed by atoms with Crippen molar-refractivity contribution in [1.82, 2.24) is 9.88 Å². The van der Waals surface area contributed by atoms with Gasteiger partial charge in [0.2, 0.25) is 11.8 Å². The molecule has 0 saturated carbocycles. The van der Waals surface area contributed by atoms with Crippen molar-refractivity contribution in [2.24, 2.45) is 5.92 Å². The number of carboxylic acid groups (broad SMARTS) is 1. The molecule has 0 bridgehead atoms. The molecule has 1 unspecified atom stereocenters. The van der Waals surface area contributed by atoms with E-state index in [2.05, 4.69) is 18.8 Å². The molecule has 1 aliphatic heterocycles. The van der Waals surface area contributed by atoms with Crippen LogP contribution in [-0.2, 0) is 22.4 Å². The van der Waals surface area contributed by atoms with Crippen molar-refractivity contribution in [3.63, 3.8) is 0 Å². The number of amides is 1. The Morgan fingerprint density at radius 1 is 1.32 bits per heavy atom. The van der Waals surface area contributed by atoms with Gasteiger partial charge in [-0.2, -0.15) is 0 Å². The molecular formula is C27H32N2O5. The molecular weight excluding hydrogens is 432 g/mol. The lowest BCUT2D eigenvalue weighted by molar-refractivity contribution is -0.149. The first-order chi connectivity index (χ1) is 16.4. The number of hydrogen-bond acceptors (Lipinski definition) is 5. The number of carboxylic acids is 1. The Kier molecular flexibility index (Phi) is 8.85. The maximum atomic E-state index is 12.6. The van der Waals surface area contributed by atoms with E-state index >= 15 is 0 Å². The average Bonchev–Trinajstić information content (AvgIpc) is 3.25. The summed E-state index contributed by atoms with van der Waals surface area (Å²) in [7, 11) is 0. The molecule has 0 fully saturated rings. The summed E-state index contributed by atoms with van der Waals surface area (Å²) in [6, 6.07) is 4.40. The molecule has 0 radical (unpaired) electrons. The topological polar surface area (TPSA) is 92.9 Å². The molecule has 2 heterocycles. The van der Waals surface area contributed by atoms with Crippen LogP contribution in [0.2, 0.25) is 0 Å². The first-order valence-corrected chi connectivity index (χ1v) is 11.6. The summed E-state index contributed by atoms with van der Waals surface area (Å²) >= 11 is 0. The van der Waals surface area contributed by atoms with Gasteiger partial charge < -0.3 is 19.2 Å². The van der Waals surface area contributed by atoms with Crippen molar-refractivity contribution in [3.05, 3.63) is 77.6 Å². The SMILES string of the molecule is CC=CC=CC(=O)N1CCc2ccc(OCCc3coc(/C=C/CC(C)C)n3)cc2C1C(=O)O. The number of oxazole rings is 1. The molecule has 34 heavy (non-hydrogen) atoms. The Bertz CT molecular complexity index is 1080. The van der Waals surface area contributed by atoms with Gasteiger partial charge in [0, 0.05) is 19.0 Å². The molecule has 3 rings (SSSR count). The normalized spacial score (nSPS) is 16.1. The number of nitrogens with zero attached hydrogens (tertiary/aromatic N) is 2. The minimum absolute atomic E-state index is 0.327. The van der Waals surface area contributed by atoms with Crippen molar-refractivity contribution >= 4 is 18.0 Å². The summed E-state index contributed by atoms with van der Waals surface area (Å²) < 4.78 is 11.3. The number of benzene rings is 1. The Morgan fingerprint density at radius 3 is 2.88 bits per heavy atom. The van der Waals surface area contributed by atoms with Crippen molar-refractivity contribution in [1.29, 1.82) is 0 Å². The second-order valence-electron chi connectivity index (χ2n) is 8.58. The summed E-state index contributed by atoms with van der Waals surface area (Å²) in [5.74, 6) is 0.320. The van der Waals surface area contributed by atoms with Gasteiger partial charge in [-0.1, -0.05) is 44.2 Å². The summed E-state index contributed by atoms with van der Waals surface area (Å²) in [5.41, 5.74) is 2.29. The van der Waals surface area contributed by atoms with E-state index < -0.39 is 12.0 Å². The number of carbonyl (C=O) groups excluding carboxylic acids is 1. The predicted molar refractivity (Wildman–Crippen MR) is 130 cm³/mol. The molecule has 7 nitrogen and oxygen atoms in total. The second-order valence-corrected chi connectivity index (χ2v) is 8.58. The molecule has 0 aliphatic carbocycles. The van der Waals surface area contributed by atoms with Crippen LogP contribution < -0.4 is 4.74 Å². The molecule has 1 aromatic carbocycles. The van der Waals surface area contributed by atoms with Gasteiger partial charge in [0.05, 0.1) is 12.3 Å². The highest BCUT2D eigenvalue weighted by Gasteiger charge is 2.35. The summed E-state index contributed by atoms with van der Waals surface area (Å²) in [5, 5.41) is 9.89. The molecule has 1 N–H and O–H groups in total. The van der Waals surface area contributed by atoms with Crippen LogP contribution in [0.4, 0.5) is 0 Å². The molecule has 180 valence electrons. The Labute approximate surface area is 200 Å². The summed E-state index contributed by atoms with van der Waals surface area (Å²) in [6.45, 7) is 6.87. The molecule has 1 atom stereocenters. The molecule has 0 spiro atoms. The molecule has 1 aliphatic rings. The van der Waals surface area contributed by atoms with Crippen LogP contribution in [0.5, 0.6) is 5.75 Å². The van der Waals surface area contributed by atoms with Gasteiger partial charge in [-0.25, -0.2) is 9.78 Å². The van der Waals surface area contributed by atoms with E-state index in [9.17, 15) is 14.7 Å². The van der Waals surface area contributed by atoms with Crippen molar-refractivity contribution in [2.75, 3.05) is 13.2 Å². The third-order valence-electron chi connectivity index (χ3n) is 5.47. The summed E-state index contributed by atoms with van der Waals surface area (Å²) in [6.07, 6.45) is 14.2. The number of aliphatic carboxylic acids is 1. The Morgan fingerprint density at radius 2 is 2.15 bits per heavy atom. The number of fused-ring (bicyclic) bond motifs is 1. The highest BCUT2D eigenvalue weighted by Crippen LogP contribution is 2.33. The van der Waals surface area contributed by atoms with Crippen molar-refractivity contribution in [3.8, 4) is 5.75 Å². The van der Waals surface area contributed by atoms with Gasteiger partial charge in [-0.15, -0.1) is 0 Å². The number of aromatic nitrogens is 1. The zero-order valence-electron chi connectivity index (χ0n) is 19.9. The Hall–Kier alpha value is -3.61. The fourth-order valence-electron chi connectivity index (χ4n) is 3.76. The van der Waals surface area contributed by atoms with Crippen LogP contribution in [0, 0.1) is 5.92 Å². The van der Waals surface area contributed by atoms with Crippen LogP contribution in [-0.4, -0.2) is 40.0 Å². The molecule has 7 heteroatoms. The number of ether oxygens (including phenoxy) is 1. The third kappa shape index (κ3) is 6.70. The highest BCUT2D eigenvalue weighted by atomic mass is 16.5. The maximum absolute atomic E-state index is 12.6. The number of hydrogen-bond donors (Lipinski definition) is 1. The fourth-order valence-corrected chi connectivity index (χ4v) is 3.76. The van der Waals surface area contributed by atoms with Crippen LogP contribution in [0.3, 0.4) is 0 Å². The number of rotatable bonds is 10. The van der Waals surface area contributed by atoms with Crippen LogP contribution in [0.25, 0.3) is 6.08 Å². The highest BCUT2D eigenvalue weighted by molar-refractivity contribution is 5.92. The van der Waals surface area contributed by atoms with Crippen molar-refractivity contribution in [2.45, 2.75) is 46.1 Å². The van der Waals surface area contributed by atoms with Gasteiger partial charge in [-0.3, -0.25) is 4.79 Å². The molecule has 1 amide bonds. The van der Waals surface area contributed by atoms with Crippen LogP contribution in [0.1, 0.15) is 55.9 Å². The minimum Gasteiger partial charge on any atom is -0.493 e. The maximum Gasteiger partial charge on any atom is 0.331 e. The largest absolute Gasteiger partial charge is 0.493 e. The number of allylic oxidation sites excluding steroid dienone is 4. The molecule has 2 aromatic rings. The van der Waals surface area contributed by atoms with E-state index in [4.69, 9.17) is 9.15 Å². The van der Waals surface area contributed by atoms with Gasteiger partial charge in [0.15, 0.2) is 6.04 Å². The lowest BCUT2D eigenvalue weighted by Crippen LogP contribution is -2.42. The lowest BCUT2D eigenvalue weighted by atomic mass is 9.92. The minimum atomic E-state index is -1.06. The smallest absolute Gasteiger partial charge is 0.331 e.